The van der Waals surface area contributed by atoms with Gasteiger partial charge in [0.15, 0.2) is 17.8 Å². The molecule has 0 N–H and O–H groups in total. The average Bonchev–Trinajstić information content (AvgIpc) is 2.89. The van der Waals surface area contributed by atoms with Gasteiger partial charge in [0.1, 0.15) is 17.5 Å². The number of hydrogen-bond donors (Lipinski definition) is 0. The summed E-state index contributed by atoms with van der Waals surface area (Å²) < 4.78 is 22.7. The Labute approximate surface area is 124 Å². The maximum Gasteiger partial charge on any atom is 0.231 e. The lowest BCUT2D eigenvalue weighted by Gasteiger charge is -2.27. The van der Waals surface area contributed by atoms with E-state index in [9.17, 15) is 4.79 Å². The largest absolute Gasteiger partial charge is 0.486 e. The first-order chi connectivity index (χ1) is 9.81. The molecule has 0 amide bonds. The van der Waals surface area contributed by atoms with Crippen molar-refractivity contribution in [3.05, 3.63) is 17.7 Å². The minimum absolute atomic E-state index is 0.133. The van der Waals surface area contributed by atoms with Crippen molar-refractivity contribution < 1.29 is 23.7 Å². The van der Waals surface area contributed by atoms with E-state index in [4.69, 9.17) is 18.9 Å². The van der Waals surface area contributed by atoms with Gasteiger partial charge in [0.25, 0.3) is 0 Å². The summed E-state index contributed by atoms with van der Waals surface area (Å²) in [6.45, 7) is 8.25. The molecule has 0 aliphatic carbocycles. The summed E-state index contributed by atoms with van der Waals surface area (Å²) in [6.07, 6.45) is 1.39. The van der Waals surface area contributed by atoms with Gasteiger partial charge >= 0.3 is 0 Å². The van der Waals surface area contributed by atoms with Crippen LogP contribution in [0.5, 0.6) is 17.2 Å². The SMILES string of the molecule is CC1(C)CC(Oc2cc3c(cc2C=O)OCO3)C(C)(C)O1. The Hall–Kier alpha value is -1.75. The van der Waals surface area contributed by atoms with Crippen molar-refractivity contribution in [3.8, 4) is 17.2 Å². The van der Waals surface area contributed by atoms with Crippen LogP contribution in [0.3, 0.4) is 0 Å². The lowest BCUT2D eigenvalue weighted by Crippen LogP contribution is -2.36. The summed E-state index contributed by atoms with van der Waals surface area (Å²) in [4.78, 5) is 11.3. The topological polar surface area (TPSA) is 54.0 Å². The normalized spacial score (nSPS) is 24.9. The fraction of sp³-hybridized carbons (Fsp3) is 0.562. The second-order valence-corrected chi connectivity index (χ2v) is 6.64. The first-order valence-electron chi connectivity index (χ1n) is 7.06. The summed E-state index contributed by atoms with van der Waals surface area (Å²) in [5.41, 5.74) is -0.203. The number of carbonyl (C=O) groups is 1. The van der Waals surface area contributed by atoms with Crippen molar-refractivity contribution in [1.29, 1.82) is 0 Å². The molecule has 0 aromatic heterocycles. The van der Waals surface area contributed by atoms with E-state index in [1.54, 1.807) is 12.1 Å². The second-order valence-electron chi connectivity index (χ2n) is 6.64. The Morgan fingerprint density at radius 3 is 2.43 bits per heavy atom. The van der Waals surface area contributed by atoms with E-state index in [-0.39, 0.29) is 18.5 Å². The van der Waals surface area contributed by atoms with Gasteiger partial charge in [0, 0.05) is 12.5 Å². The molecule has 5 heteroatoms. The molecule has 1 aromatic carbocycles. The van der Waals surface area contributed by atoms with Crippen LogP contribution in [0.15, 0.2) is 12.1 Å². The molecule has 2 heterocycles. The summed E-state index contributed by atoms with van der Waals surface area (Å²) in [5, 5.41) is 0. The minimum Gasteiger partial charge on any atom is -0.486 e. The fourth-order valence-corrected chi connectivity index (χ4v) is 2.98. The van der Waals surface area contributed by atoms with Gasteiger partial charge in [-0.1, -0.05) is 0 Å². The minimum atomic E-state index is -0.417. The Balaban J connectivity index is 1.90. The highest BCUT2D eigenvalue weighted by molar-refractivity contribution is 5.81. The summed E-state index contributed by atoms with van der Waals surface area (Å²) in [7, 11) is 0. The van der Waals surface area contributed by atoms with Crippen molar-refractivity contribution in [2.24, 2.45) is 0 Å². The maximum absolute atomic E-state index is 11.3. The van der Waals surface area contributed by atoms with Crippen LogP contribution in [0, 0.1) is 0 Å². The molecule has 0 spiro atoms. The number of rotatable bonds is 3. The van der Waals surface area contributed by atoms with Crippen LogP contribution in [0.1, 0.15) is 44.5 Å². The highest BCUT2D eigenvalue weighted by Gasteiger charge is 2.47. The number of aldehydes is 1. The molecule has 0 saturated carbocycles. The summed E-state index contributed by atoms with van der Waals surface area (Å²) in [5.74, 6) is 1.69. The van der Waals surface area contributed by atoms with Crippen LogP contribution in [-0.4, -0.2) is 30.4 Å². The van der Waals surface area contributed by atoms with Crippen molar-refractivity contribution >= 4 is 6.29 Å². The van der Waals surface area contributed by atoms with Crippen LogP contribution in [0.2, 0.25) is 0 Å². The van der Waals surface area contributed by atoms with Gasteiger partial charge in [-0.05, 0) is 33.8 Å². The Morgan fingerprint density at radius 2 is 1.86 bits per heavy atom. The number of carbonyl (C=O) groups excluding carboxylic acids is 1. The molecule has 1 saturated heterocycles. The second kappa shape index (κ2) is 4.63. The molecular weight excluding hydrogens is 272 g/mol. The smallest absolute Gasteiger partial charge is 0.231 e. The lowest BCUT2D eigenvalue weighted by molar-refractivity contribution is -0.0846. The zero-order valence-corrected chi connectivity index (χ0v) is 12.8. The van der Waals surface area contributed by atoms with Gasteiger partial charge in [-0.2, -0.15) is 0 Å². The number of hydrogen-bond acceptors (Lipinski definition) is 5. The van der Waals surface area contributed by atoms with E-state index in [1.807, 2.05) is 27.7 Å². The van der Waals surface area contributed by atoms with Gasteiger partial charge in [-0.3, -0.25) is 4.79 Å². The quantitative estimate of drug-likeness (QED) is 0.802. The number of fused-ring (bicyclic) bond motifs is 1. The average molecular weight is 292 g/mol. The van der Waals surface area contributed by atoms with Gasteiger partial charge < -0.3 is 18.9 Å². The predicted octanol–water partition coefficient (Wildman–Crippen LogP) is 2.95. The molecule has 1 fully saturated rings. The van der Waals surface area contributed by atoms with E-state index in [0.717, 1.165) is 12.7 Å². The van der Waals surface area contributed by atoms with Crippen LogP contribution in [-0.2, 0) is 4.74 Å². The van der Waals surface area contributed by atoms with Crippen molar-refractivity contribution in [2.45, 2.75) is 51.4 Å². The first kappa shape index (κ1) is 14.2. The molecule has 2 aliphatic heterocycles. The van der Waals surface area contributed by atoms with Gasteiger partial charge in [-0.25, -0.2) is 0 Å². The molecule has 1 unspecified atom stereocenters. The molecular formula is C16H20O5. The third-order valence-corrected chi connectivity index (χ3v) is 3.89. The van der Waals surface area contributed by atoms with E-state index in [0.29, 0.717) is 22.8 Å². The summed E-state index contributed by atoms with van der Waals surface area (Å²) in [6, 6.07) is 3.37. The molecule has 21 heavy (non-hydrogen) atoms. The maximum atomic E-state index is 11.3. The zero-order chi connectivity index (χ0) is 15.3. The fourth-order valence-electron chi connectivity index (χ4n) is 2.98. The van der Waals surface area contributed by atoms with Crippen LogP contribution >= 0.6 is 0 Å². The molecule has 1 aromatic rings. The van der Waals surface area contributed by atoms with E-state index in [1.165, 1.54) is 0 Å². The highest BCUT2D eigenvalue weighted by atomic mass is 16.7. The Kier molecular flexibility index (Phi) is 3.13. The summed E-state index contributed by atoms with van der Waals surface area (Å²) >= 11 is 0. The van der Waals surface area contributed by atoms with E-state index in [2.05, 4.69) is 0 Å². The Morgan fingerprint density at radius 1 is 1.19 bits per heavy atom. The molecule has 1 atom stereocenters. The van der Waals surface area contributed by atoms with Crippen molar-refractivity contribution in [1.82, 2.24) is 0 Å². The van der Waals surface area contributed by atoms with E-state index < -0.39 is 5.60 Å². The lowest BCUT2D eigenvalue weighted by atomic mass is 9.97. The third kappa shape index (κ3) is 2.58. The van der Waals surface area contributed by atoms with Gasteiger partial charge in [0.05, 0.1) is 11.2 Å². The van der Waals surface area contributed by atoms with E-state index >= 15 is 0 Å². The zero-order valence-electron chi connectivity index (χ0n) is 12.8. The van der Waals surface area contributed by atoms with Crippen molar-refractivity contribution in [2.75, 3.05) is 6.79 Å². The number of benzene rings is 1. The van der Waals surface area contributed by atoms with Crippen LogP contribution in [0.25, 0.3) is 0 Å². The molecule has 114 valence electrons. The third-order valence-electron chi connectivity index (χ3n) is 3.89. The molecule has 3 rings (SSSR count). The molecule has 5 nitrogen and oxygen atoms in total. The number of ether oxygens (including phenoxy) is 4. The monoisotopic (exact) mass is 292 g/mol. The van der Waals surface area contributed by atoms with Crippen molar-refractivity contribution in [3.63, 3.8) is 0 Å². The van der Waals surface area contributed by atoms with Crippen LogP contribution < -0.4 is 14.2 Å². The first-order valence-corrected chi connectivity index (χ1v) is 7.06. The predicted molar refractivity (Wildman–Crippen MR) is 76.2 cm³/mol. The highest BCUT2D eigenvalue weighted by Crippen LogP contribution is 2.42. The van der Waals surface area contributed by atoms with Gasteiger partial charge in [-0.15, -0.1) is 0 Å². The standard InChI is InChI=1S/C16H20O5/c1-15(2)7-14(16(3,4)21-15)20-11-6-13-12(18-9-19-13)5-10(11)8-17/h5-6,8,14H,7,9H2,1-4H3. The molecule has 0 bridgehead atoms. The van der Waals surface area contributed by atoms with Gasteiger partial charge in [0.2, 0.25) is 6.79 Å². The molecule has 2 aliphatic rings. The molecule has 0 radical (unpaired) electrons. The Bertz CT molecular complexity index is 576. The van der Waals surface area contributed by atoms with Crippen LogP contribution in [0.4, 0.5) is 0 Å².